The summed E-state index contributed by atoms with van der Waals surface area (Å²) in [6.07, 6.45) is 6.85. The van der Waals surface area contributed by atoms with E-state index in [9.17, 15) is 38.4 Å². The van der Waals surface area contributed by atoms with Crippen LogP contribution in [0.5, 0.6) is 0 Å². The molecule has 8 amide bonds. The fourth-order valence-electron chi connectivity index (χ4n) is 6.80. The van der Waals surface area contributed by atoms with Crippen LogP contribution in [0.15, 0.2) is 48.6 Å². The molecular weight excluding hydrogens is 700 g/mol. The molecule has 2 aromatic carbocycles. The number of imide groups is 2. The zero-order valence-electron chi connectivity index (χ0n) is 29.4. The first-order valence-electron chi connectivity index (χ1n) is 17.7. The van der Waals surface area contributed by atoms with Crippen molar-refractivity contribution in [2.45, 2.75) is 50.9 Å². The standard InChI is InChI=1S/C38H40N6O10/c45-31(11-7-23-3-1-5-25-27(23)21-43(37(25)51)29-9-13-33(47)41-35(29)49)39-15-17-53-19-20-54-18-16-40-32(46)12-8-24-4-2-6-26-28(24)22-44(38(26)52)30-10-14-34(48)42-36(30)50/h1-8,11-12,29-30H,9-10,13-22H2,(H,39,45)(H,40,46)(H,41,47,49)(H,42,48,50). The SMILES string of the molecule is O=C(C=Cc1cccc2c1CN(C1CCC(=O)NC1=O)C2=O)NCCOCCOCCNC(=O)C=Cc1cccc2c1CN(C1CCC(=O)NC1=O)C2=O. The second-order valence-electron chi connectivity index (χ2n) is 13.0. The van der Waals surface area contributed by atoms with Crippen molar-refractivity contribution >= 4 is 59.4 Å². The van der Waals surface area contributed by atoms with Crippen molar-refractivity contribution < 1.29 is 47.8 Å². The number of fused-ring (bicyclic) bond motifs is 2. The molecule has 0 bridgehead atoms. The van der Waals surface area contributed by atoms with Crippen LogP contribution >= 0.6 is 0 Å². The van der Waals surface area contributed by atoms with Gasteiger partial charge < -0.3 is 29.9 Å². The number of ether oxygens (including phenoxy) is 2. The van der Waals surface area contributed by atoms with Gasteiger partial charge >= 0.3 is 0 Å². The third-order valence-corrected chi connectivity index (χ3v) is 9.53. The van der Waals surface area contributed by atoms with E-state index in [0.717, 1.165) is 0 Å². The van der Waals surface area contributed by atoms with Crippen LogP contribution in [0.25, 0.3) is 12.2 Å². The van der Waals surface area contributed by atoms with Gasteiger partial charge in [0.15, 0.2) is 0 Å². The van der Waals surface area contributed by atoms with Crippen LogP contribution in [0.1, 0.15) is 68.7 Å². The van der Waals surface area contributed by atoms with E-state index in [0.29, 0.717) is 33.4 Å². The number of hydrogen-bond donors (Lipinski definition) is 4. The molecule has 54 heavy (non-hydrogen) atoms. The Labute approximate surface area is 310 Å². The lowest BCUT2D eigenvalue weighted by molar-refractivity contribution is -0.138. The van der Waals surface area contributed by atoms with E-state index in [1.165, 1.54) is 22.0 Å². The van der Waals surface area contributed by atoms with Gasteiger partial charge in [-0.15, -0.1) is 0 Å². The molecule has 16 nitrogen and oxygen atoms in total. The molecule has 282 valence electrons. The molecule has 4 heterocycles. The molecule has 2 atom stereocenters. The smallest absolute Gasteiger partial charge is 0.255 e. The first-order valence-corrected chi connectivity index (χ1v) is 17.7. The van der Waals surface area contributed by atoms with Crippen LogP contribution in [-0.2, 0) is 51.3 Å². The number of rotatable bonds is 15. The number of carbonyl (C=O) groups is 8. The fourth-order valence-corrected chi connectivity index (χ4v) is 6.80. The molecule has 0 spiro atoms. The van der Waals surface area contributed by atoms with Gasteiger partial charge in [0.25, 0.3) is 11.8 Å². The maximum absolute atomic E-state index is 13.0. The van der Waals surface area contributed by atoms with Gasteiger partial charge in [-0.2, -0.15) is 0 Å². The van der Waals surface area contributed by atoms with Crippen LogP contribution in [0.4, 0.5) is 0 Å². The maximum Gasteiger partial charge on any atom is 0.255 e. The summed E-state index contributed by atoms with van der Waals surface area (Å²) in [5.41, 5.74) is 3.72. The van der Waals surface area contributed by atoms with Gasteiger partial charge in [0.1, 0.15) is 12.1 Å². The lowest BCUT2D eigenvalue weighted by Gasteiger charge is -2.29. The number of benzene rings is 2. The predicted octanol–water partition coefficient (Wildman–Crippen LogP) is 0.201. The molecule has 4 aliphatic rings. The summed E-state index contributed by atoms with van der Waals surface area (Å²) in [5, 5.41) is 10.0. The summed E-state index contributed by atoms with van der Waals surface area (Å²) in [6, 6.07) is 8.93. The Bertz CT molecular complexity index is 1800. The van der Waals surface area contributed by atoms with Gasteiger partial charge in [-0.05, 0) is 59.4 Å². The van der Waals surface area contributed by atoms with Gasteiger partial charge in [-0.1, -0.05) is 24.3 Å². The molecule has 2 aromatic rings. The van der Waals surface area contributed by atoms with E-state index < -0.39 is 23.9 Å². The molecule has 2 unspecified atom stereocenters. The molecule has 6 rings (SSSR count). The number of amides is 8. The third-order valence-electron chi connectivity index (χ3n) is 9.53. The molecule has 2 saturated heterocycles. The average molecular weight is 741 g/mol. The van der Waals surface area contributed by atoms with Gasteiger partial charge in [0, 0.05) is 62.3 Å². The van der Waals surface area contributed by atoms with Crippen molar-refractivity contribution in [3.8, 4) is 0 Å². The van der Waals surface area contributed by atoms with Gasteiger partial charge in [0.2, 0.25) is 35.4 Å². The van der Waals surface area contributed by atoms with Gasteiger partial charge in [0.05, 0.1) is 26.4 Å². The number of nitrogens with one attached hydrogen (secondary N) is 4. The largest absolute Gasteiger partial charge is 0.377 e. The summed E-state index contributed by atoms with van der Waals surface area (Å²) < 4.78 is 11.0. The highest BCUT2D eigenvalue weighted by Crippen LogP contribution is 2.31. The summed E-state index contributed by atoms with van der Waals surface area (Å²) in [6.45, 7) is 1.99. The highest BCUT2D eigenvalue weighted by atomic mass is 16.5. The second kappa shape index (κ2) is 17.2. The highest BCUT2D eigenvalue weighted by molar-refractivity contribution is 6.07. The second-order valence-corrected chi connectivity index (χ2v) is 13.0. The minimum absolute atomic E-state index is 0.169. The third kappa shape index (κ3) is 8.78. The minimum atomic E-state index is -0.718. The van der Waals surface area contributed by atoms with Gasteiger partial charge in [-0.25, -0.2) is 0 Å². The Morgan fingerprint density at radius 2 is 1.07 bits per heavy atom. The van der Waals surface area contributed by atoms with Crippen LogP contribution in [0, 0.1) is 0 Å². The van der Waals surface area contributed by atoms with Crippen molar-refractivity contribution in [3.05, 3.63) is 81.9 Å². The van der Waals surface area contributed by atoms with Crippen molar-refractivity contribution in [2.75, 3.05) is 39.5 Å². The fraction of sp³-hybridized carbons (Fsp3) is 0.368. The van der Waals surface area contributed by atoms with Gasteiger partial charge in [-0.3, -0.25) is 49.0 Å². The Kier molecular flexibility index (Phi) is 12.0. The normalized spacial score (nSPS) is 19.7. The van der Waals surface area contributed by atoms with E-state index >= 15 is 0 Å². The van der Waals surface area contributed by atoms with Crippen molar-refractivity contribution in [1.82, 2.24) is 31.1 Å². The molecular formula is C38H40N6O10. The number of nitrogens with zero attached hydrogens (tertiary/aromatic N) is 2. The summed E-state index contributed by atoms with van der Waals surface area (Å²) >= 11 is 0. The minimum Gasteiger partial charge on any atom is -0.377 e. The molecule has 4 aliphatic heterocycles. The molecule has 2 fully saturated rings. The first-order chi connectivity index (χ1) is 26.1. The molecule has 0 aromatic heterocycles. The summed E-state index contributed by atoms with van der Waals surface area (Å²) in [4.78, 5) is 101. The van der Waals surface area contributed by atoms with Crippen LogP contribution in [-0.4, -0.2) is 109 Å². The quantitative estimate of drug-likeness (QED) is 0.111. The van der Waals surface area contributed by atoms with E-state index in [1.807, 2.05) is 0 Å². The maximum atomic E-state index is 13.0. The van der Waals surface area contributed by atoms with Crippen molar-refractivity contribution in [1.29, 1.82) is 0 Å². The van der Waals surface area contributed by atoms with E-state index in [2.05, 4.69) is 21.3 Å². The summed E-state index contributed by atoms with van der Waals surface area (Å²) in [7, 11) is 0. The monoisotopic (exact) mass is 740 g/mol. The Morgan fingerprint density at radius 1 is 0.648 bits per heavy atom. The first kappa shape index (κ1) is 37.7. The number of piperidine rings is 2. The zero-order valence-corrected chi connectivity index (χ0v) is 29.4. The molecule has 0 radical (unpaired) electrons. The Balaban J connectivity index is 0.835. The zero-order chi connectivity index (χ0) is 38.2. The lowest BCUT2D eigenvalue weighted by atomic mass is 10.0. The highest BCUT2D eigenvalue weighted by Gasteiger charge is 2.41. The van der Waals surface area contributed by atoms with E-state index in [1.54, 1.807) is 48.6 Å². The Morgan fingerprint density at radius 3 is 1.48 bits per heavy atom. The van der Waals surface area contributed by atoms with E-state index in [-0.39, 0.29) is 114 Å². The topological polar surface area (TPSA) is 210 Å². The van der Waals surface area contributed by atoms with Crippen LogP contribution in [0.3, 0.4) is 0 Å². The van der Waals surface area contributed by atoms with Crippen LogP contribution < -0.4 is 21.3 Å². The average Bonchev–Trinajstić information content (AvgIpc) is 3.67. The number of carbonyl (C=O) groups excluding carboxylic acids is 8. The summed E-state index contributed by atoms with van der Waals surface area (Å²) in [5.74, 6) is -2.92. The van der Waals surface area contributed by atoms with E-state index in [4.69, 9.17) is 9.47 Å². The van der Waals surface area contributed by atoms with Crippen LogP contribution in [0.2, 0.25) is 0 Å². The lowest BCUT2D eigenvalue weighted by Crippen LogP contribution is -2.52. The number of hydrogen-bond acceptors (Lipinski definition) is 10. The molecule has 16 heteroatoms. The van der Waals surface area contributed by atoms with Crippen molar-refractivity contribution in [2.24, 2.45) is 0 Å². The predicted molar refractivity (Wildman–Crippen MR) is 191 cm³/mol. The molecule has 4 N–H and O–H groups in total. The molecule has 0 aliphatic carbocycles. The Hall–Kier alpha value is -6.00. The molecule has 0 saturated carbocycles. The van der Waals surface area contributed by atoms with Crippen molar-refractivity contribution in [3.63, 3.8) is 0 Å².